The molecule has 1 aromatic rings. The molecule has 22 heavy (non-hydrogen) atoms. The van der Waals surface area contributed by atoms with Gasteiger partial charge in [0.25, 0.3) is 5.91 Å². The highest BCUT2D eigenvalue weighted by Gasteiger charge is 2.20. The minimum Gasteiger partial charge on any atom is -0.374 e. The number of morpholine rings is 1. The van der Waals surface area contributed by atoms with E-state index >= 15 is 0 Å². The van der Waals surface area contributed by atoms with Crippen molar-refractivity contribution >= 4 is 11.7 Å². The molecule has 6 nitrogen and oxygen atoms in total. The Morgan fingerprint density at radius 3 is 3.05 bits per heavy atom. The summed E-state index contributed by atoms with van der Waals surface area (Å²) in [5.41, 5.74) is 0.415. The second kappa shape index (κ2) is 8.10. The summed E-state index contributed by atoms with van der Waals surface area (Å²) in [7, 11) is 1.60. The molecule has 0 radical (unpaired) electrons. The van der Waals surface area contributed by atoms with Gasteiger partial charge in [0.15, 0.2) is 0 Å². The number of ether oxygens (including phenoxy) is 1. The quantitative estimate of drug-likeness (QED) is 0.827. The maximum atomic E-state index is 11.6. The molecule has 1 aromatic heterocycles. The molecule has 2 heterocycles. The van der Waals surface area contributed by atoms with Crippen LogP contribution in [-0.2, 0) is 4.74 Å². The maximum absolute atomic E-state index is 11.6. The van der Waals surface area contributed by atoms with E-state index in [9.17, 15) is 4.79 Å². The molecule has 1 atom stereocenters. The van der Waals surface area contributed by atoms with E-state index in [1.54, 1.807) is 13.1 Å². The maximum Gasteiger partial charge on any atom is 0.269 e. The van der Waals surface area contributed by atoms with Crippen LogP contribution in [0.4, 0.5) is 5.82 Å². The first kappa shape index (κ1) is 16.7. The summed E-state index contributed by atoms with van der Waals surface area (Å²) in [6.45, 7) is 8.96. The Kier molecular flexibility index (Phi) is 6.15. The van der Waals surface area contributed by atoms with E-state index in [0.29, 0.717) is 24.0 Å². The van der Waals surface area contributed by atoms with Crippen LogP contribution in [0, 0.1) is 5.92 Å². The van der Waals surface area contributed by atoms with Gasteiger partial charge in [-0.05, 0) is 18.1 Å². The molecular weight excluding hydrogens is 280 g/mol. The first-order valence-electron chi connectivity index (χ1n) is 7.85. The Morgan fingerprint density at radius 2 is 2.32 bits per heavy atom. The zero-order valence-electron chi connectivity index (χ0n) is 13.6. The molecule has 1 amide bonds. The van der Waals surface area contributed by atoms with Crippen molar-refractivity contribution in [2.75, 3.05) is 45.2 Å². The van der Waals surface area contributed by atoms with Crippen LogP contribution in [0.3, 0.4) is 0 Å². The van der Waals surface area contributed by atoms with Crippen molar-refractivity contribution in [3.05, 3.63) is 23.9 Å². The van der Waals surface area contributed by atoms with Crippen LogP contribution in [0.25, 0.3) is 0 Å². The van der Waals surface area contributed by atoms with Gasteiger partial charge in [-0.3, -0.25) is 9.69 Å². The summed E-state index contributed by atoms with van der Waals surface area (Å²) in [6, 6.07) is 5.39. The molecule has 0 bridgehead atoms. The van der Waals surface area contributed by atoms with Gasteiger partial charge in [-0.1, -0.05) is 19.9 Å². The predicted molar refractivity (Wildman–Crippen MR) is 87.1 cm³/mol. The number of carbonyl (C=O) groups excluding carboxylic acids is 1. The van der Waals surface area contributed by atoms with Crippen LogP contribution in [0.5, 0.6) is 0 Å². The molecule has 122 valence electrons. The van der Waals surface area contributed by atoms with Crippen LogP contribution >= 0.6 is 0 Å². The number of amides is 1. The van der Waals surface area contributed by atoms with Crippen molar-refractivity contribution in [1.29, 1.82) is 0 Å². The molecule has 0 spiro atoms. The Morgan fingerprint density at radius 1 is 1.50 bits per heavy atom. The van der Waals surface area contributed by atoms with Crippen molar-refractivity contribution < 1.29 is 9.53 Å². The van der Waals surface area contributed by atoms with Crippen molar-refractivity contribution in [1.82, 2.24) is 15.2 Å². The molecule has 0 saturated carbocycles. The van der Waals surface area contributed by atoms with Crippen LogP contribution in [0.15, 0.2) is 18.2 Å². The fourth-order valence-electron chi connectivity index (χ4n) is 2.59. The zero-order chi connectivity index (χ0) is 15.9. The third-order valence-electron chi connectivity index (χ3n) is 3.57. The number of hydrogen-bond donors (Lipinski definition) is 2. The first-order chi connectivity index (χ1) is 10.6. The molecule has 2 rings (SSSR count). The van der Waals surface area contributed by atoms with E-state index in [0.717, 1.165) is 26.2 Å². The van der Waals surface area contributed by atoms with E-state index in [1.165, 1.54) is 0 Å². The van der Waals surface area contributed by atoms with E-state index < -0.39 is 0 Å². The van der Waals surface area contributed by atoms with Crippen molar-refractivity contribution in [2.24, 2.45) is 5.92 Å². The van der Waals surface area contributed by atoms with E-state index in [1.807, 2.05) is 12.1 Å². The molecule has 1 fully saturated rings. The SMILES string of the molecule is CNC(=O)c1cccc(NC[C@@H]2CN(CC(C)C)CCO2)n1. The van der Waals surface area contributed by atoms with Gasteiger partial charge < -0.3 is 15.4 Å². The van der Waals surface area contributed by atoms with E-state index in [4.69, 9.17) is 4.74 Å². The molecule has 1 saturated heterocycles. The molecule has 1 aliphatic heterocycles. The number of pyridine rings is 1. The molecule has 0 aliphatic carbocycles. The number of nitrogens with one attached hydrogen (secondary N) is 2. The number of rotatable bonds is 6. The van der Waals surface area contributed by atoms with Gasteiger partial charge in [0.05, 0.1) is 12.7 Å². The van der Waals surface area contributed by atoms with Gasteiger partial charge in [-0.2, -0.15) is 0 Å². The number of hydrogen-bond acceptors (Lipinski definition) is 5. The number of anilines is 1. The lowest BCUT2D eigenvalue weighted by Gasteiger charge is -2.34. The normalized spacial score (nSPS) is 19.2. The van der Waals surface area contributed by atoms with Gasteiger partial charge in [-0.25, -0.2) is 4.98 Å². The Bertz CT molecular complexity index is 493. The van der Waals surface area contributed by atoms with Crippen molar-refractivity contribution in [2.45, 2.75) is 20.0 Å². The Labute approximate surface area is 132 Å². The van der Waals surface area contributed by atoms with Crippen LogP contribution in [-0.4, -0.2) is 61.7 Å². The van der Waals surface area contributed by atoms with Crippen LogP contribution in [0.1, 0.15) is 24.3 Å². The van der Waals surface area contributed by atoms with Gasteiger partial charge in [0.1, 0.15) is 11.5 Å². The van der Waals surface area contributed by atoms with Gasteiger partial charge in [0, 0.05) is 33.2 Å². The second-order valence-corrected chi connectivity index (χ2v) is 6.01. The van der Waals surface area contributed by atoms with Crippen LogP contribution in [0.2, 0.25) is 0 Å². The van der Waals surface area contributed by atoms with E-state index in [2.05, 4.69) is 34.4 Å². The molecule has 0 aromatic carbocycles. The summed E-state index contributed by atoms with van der Waals surface area (Å²) in [5, 5.41) is 5.84. The fraction of sp³-hybridized carbons (Fsp3) is 0.625. The Balaban J connectivity index is 1.86. The summed E-state index contributed by atoms with van der Waals surface area (Å²) < 4.78 is 5.80. The lowest BCUT2D eigenvalue weighted by Crippen LogP contribution is -2.46. The largest absolute Gasteiger partial charge is 0.374 e. The highest BCUT2D eigenvalue weighted by molar-refractivity contribution is 5.92. The second-order valence-electron chi connectivity index (χ2n) is 6.01. The number of aromatic nitrogens is 1. The van der Waals surface area contributed by atoms with E-state index in [-0.39, 0.29) is 12.0 Å². The fourth-order valence-corrected chi connectivity index (χ4v) is 2.59. The monoisotopic (exact) mass is 306 g/mol. The predicted octanol–water partition coefficient (Wildman–Crippen LogP) is 1.21. The highest BCUT2D eigenvalue weighted by Crippen LogP contribution is 2.10. The van der Waals surface area contributed by atoms with Gasteiger partial charge in [-0.15, -0.1) is 0 Å². The molecular formula is C16H26N4O2. The lowest BCUT2D eigenvalue weighted by atomic mass is 10.2. The van der Waals surface area contributed by atoms with Gasteiger partial charge >= 0.3 is 0 Å². The summed E-state index contributed by atoms with van der Waals surface area (Å²) in [6.07, 6.45) is 0.151. The minimum atomic E-state index is -0.180. The van der Waals surface area contributed by atoms with Crippen molar-refractivity contribution in [3.8, 4) is 0 Å². The molecule has 1 aliphatic rings. The molecule has 2 N–H and O–H groups in total. The highest BCUT2D eigenvalue weighted by atomic mass is 16.5. The molecule has 0 unspecified atom stereocenters. The van der Waals surface area contributed by atoms with Crippen molar-refractivity contribution in [3.63, 3.8) is 0 Å². The number of carbonyl (C=O) groups is 1. The summed E-state index contributed by atoms with van der Waals surface area (Å²) in [4.78, 5) is 18.3. The number of nitrogens with zero attached hydrogens (tertiary/aromatic N) is 2. The lowest BCUT2D eigenvalue weighted by molar-refractivity contribution is -0.0244. The Hall–Kier alpha value is -1.66. The third kappa shape index (κ3) is 4.96. The summed E-state index contributed by atoms with van der Waals surface area (Å²) >= 11 is 0. The summed E-state index contributed by atoms with van der Waals surface area (Å²) in [5.74, 6) is 1.18. The molecule has 6 heteroatoms. The first-order valence-corrected chi connectivity index (χ1v) is 7.85. The average molecular weight is 306 g/mol. The standard InChI is InChI=1S/C16H26N4O2/c1-12(2)10-20-7-8-22-13(11-20)9-18-15-6-4-5-14(19-15)16(21)17-3/h4-6,12-13H,7-11H2,1-3H3,(H,17,21)(H,18,19)/t13-/m1/s1. The minimum absolute atomic E-state index is 0.151. The van der Waals surface area contributed by atoms with Gasteiger partial charge in [0.2, 0.25) is 0 Å². The smallest absolute Gasteiger partial charge is 0.269 e. The average Bonchev–Trinajstić information content (AvgIpc) is 2.52. The zero-order valence-corrected chi connectivity index (χ0v) is 13.6. The third-order valence-corrected chi connectivity index (χ3v) is 3.57. The van der Waals surface area contributed by atoms with Crippen LogP contribution < -0.4 is 10.6 Å². The topological polar surface area (TPSA) is 66.5 Å².